The van der Waals surface area contributed by atoms with Gasteiger partial charge in [-0.1, -0.05) is 27.7 Å². The Kier molecular flexibility index (Phi) is 7.07. The van der Waals surface area contributed by atoms with E-state index in [0.717, 1.165) is 45.0 Å². The summed E-state index contributed by atoms with van der Waals surface area (Å²) < 4.78 is 7.52. The molecule has 0 aliphatic carbocycles. The Morgan fingerprint density at radius 2 is 1.88 bits per heavy atom. The lowest BCUT2D eigenvalue weighted by Crippen LogP contribution is -2.39. The first-order valence-electron chi connectivity index (χ1n) is 9.18. The number of morpholine rings is 1. The van der Waals surface area contributed by atoms with Gasteiger partial charge in [0.15, 0.2) is 0 Å². The fourth-order valence-corrected chi connectivity index (χ4v) is 3.43. The van der Waals surface area contributed by atoms with Gasteiger partial charge in [-0.25, -0.2) is 0 Å². The Hall–Kier alpha value is -1.11. The van der Waals surface area contributed by atoms with Crippen LogP contribution >= 0.6 is 0 Å². The molecule has 0 aromatic carbocycles. The van der Waals surface area contributed by atoms with Crippen LogP contribution in [0.25, 0.3) is 0 Å². The molecule has 2 heterocycles. The van der Waals surface area contributed by atoms with Crippen molar-refractivity contribution in [2.45, 2.75) is 52.6 Å². The Balaban J connectivity index is 2.24. The Bertz CT molecular complexity index is 507. The van der Waals surface area contributed by atoms with E-state index in [1.165, 1.54) is 11.4 Å². The fraction of sp³-hybridized carbons (Fsp3) is 0.833. The third kappa shape index (κ3) is 4.49. The quantitative estimate of drug-likeness (QED) is 0.758. The number of ether oxygens (including phenoxy) is 1. The zero-order valence-electron chi connectivity index (χ0n) is 15.9. The van der Waals surface area contributed by atoms with E-state index in [0.29, 0.717) is 17.9 Å². The maximum Gasteiger partial charge on any atom is 0.131 e. The summed E-state index contributed by atoms with van der Waals surface area (Å²) >= 11 is 0. The molecular weight excluding hydrogens is 304 g/mol. The molecule has 0 bridgehead atoms. The fourth-order valence-electron chi connectivity index (χ4n) is 3.43. The van der Waals surface area contributed by atoms with Crippen LogP contribution in [-0.4, -0.2) is 53.8 Å². The van der Waals surface area contributed by atoms with E-state index in [1.54, 1.807) is 0 Å². The van der Waals surface area contributed by atoms with Gasteiger partial charge in [0.25, 0.3) is 0 Å². The monoisotopic (exact) mass is 338 g/mol. The third-order valence-corrected chi connectivity index (χ3v) is 4.79. The van der Waals surface area contributed by atoms with Crippen LogP contribution in [0.4, 0.5) is 5.82 Å². The van der Waals surface area contributed by atoms with Crippen LogP contribution in [0.3, 0.4) is 0 Å². The first kappa shape index (κ1) is 19.2. The van der Waals surface area contributed by atoms with Gasteiger partial charge in [0.1, 0.15) is 5.82 Å². The van der Waals surface area contributed by atoms with Crippen molar-refractivity contribution < 1.29 is 9.84 Å². The van der Waals surface area contributed by atoms with Gasteiger partial charge in [0.2, 0.25) is 0 Å². The predicted octanol–water partition coefficient (Wildman–Crippen LogP) is 1.88. The summed E-state index contributed by atoms with van der Waals surface area (Å²) in [6, 6.07) is 0.313. The van der Waals surface area contributed by atoms with Crippen LogP contribution in [-0.2, 0) is 18.3 Å². The van der Waals surface area contributed by atoms with Crippen LogP contribution in [0.1, 0.15) is 51.3 Å². The first-order chi connectivity index (χ1) is 11.5. The van der Waals surface area contributed by atoms with Crippen molar-refractivity contribution >= 4 is 5.82 Å². The second-order valence-corrected chi connectivity index (χ2v) is 7.31. The lowest BCUT2D eigenvalue weighted by molar-refractivity contribution is 0.122. The van der Waals surface area contributed by atoms with E-state index >= 15 is 0 Å². The van der Waals surface area contributed by atoms with Crippen molar-refractivity contribution in [1.29, 1.82) is 0 Å². The van der Waals surface area contributed by atoms with Crippen LogP contribution in [0.2, 0.25) is 0 Å². The average molecular weight is 338 g/mol. The summed E-state index contributed by atoms with van der Waals surface area (Å²) in [5.41, 5.74) is 2.45. The maximum atomic E-state index is 9.31. The molecule has 24 heavy (non-hydrogen) atoms. The van der Waals surface area contributed by atoms with Crippen LogP contribution in [0.15, 0.2) is 0 Å². The van der Waals surface area contributed by atoms with Crippen LogP contribution in [0, 0.1) is 5.92 Å². The van der Waals surface area contributed by atoms with Crippen molar-refractivity contribution in [2.75, 3.05) is 37.8 Å². The number of nitrogens with one attached hydrogen (secondary N) is 1. The molecule has 6 nitrogen and oxygen atoms in total. The van der Waals surface area contributed by atoms with E-state index in [2.05, 4.69) is 37.9 Å². The SMILES string of the molecule is CC(C)c1nn(C)c(N2CCOCC2)c1CNC(CCO)C(C)C. The van der Waals surface area contributed by atoms with Crippen molar-refractivity contribution in [2.24, 2.45) is 13.0 Å². The van der Waals surface area contributed by atoms with Crippen LogP contribution in [0.5, 0.6) is 0 Å². The Morgan fingerprint density at radius 1 is 1.21 bits per heavy atom. The second kappa shape index (κ2) is 8.83. The zero-order chi connectivity index (χ0) is 17.7. The minimum Gasteiger partial charge on any atom is -0.396 e. The molecular formula is C18H34N4O2. The Morgan fingerprint density at radius 3 is 2.42 bits per heavy atom. The second-order valence-electron chi connectivity index (χ2n) is 7.31. The topological polar surface area (TPSA) is 62.5 Å². The normalized spacial score (nSPS) is 17.1. The molecule has 6 heteroatoms. The van der Waals surface area contributed by atoms with E-state index in [9.17, 15) is 5.11 Å². The van der Waals surface area contributed by atoms with E-state index in [1.807, 2.05) is 11.7 Å². The van der Waals surface area contributed by atoms with E-state index in [-0.39, 0.29) is 6.61 Å². The van der Waals surface area contributed by atoms with Gasteiger partial charge in [-0.2, -0.15) is 5.10 Å². The van der Waals surface area contributed by atoms with Gasteiger partial charge in [-0.05, 0) is 18.3 Å². The number of aliphatic hydroxyl groups excluding tert-OH is 1. The molecule has 0 saturated carbocycles. The van der Waals surface area contributed by atoms with Gasteiger partial charge in [-0.15, -0.1) is 0 Å². The number of hydrogen-bond donors (Lipinski definition) is 2. The number of aliphatic hydroxyl groups is 1. The number of aryl methyl sites for hydroxylation is 1. The van der Waals surface area contributed by atoms with Crippen LogP contribution < -0.4 is 10.2 Å². The molecule has 2 rings (SSSR count). The first-order valence-corrected chi connectivity index (χ1v) is 9.18. The average Bonchev–Trinajstić information content (AvgIpc) is 2.88. The number of hydrogen-bond acceptors (Lipinski definition) is 5. The molecule has 1 unspecified atom stereocenters. The Labute approximate surface area is 146 Å². The molecule has 0 amide bonds. The predicted molar refractivity (Wildman–Crippen MR) is 97.5 cm³/mol. The molecule has 1 aromatic rings. The molecule has 1 fully saturated rings. The molecule has 1 aliphatic rings. The highest BCUT2D eigenvalue weighted by Gasteiger charge is 2.25. The van der Waals surface area contributed by atoms with Crippen molar-refractivity contribution in [3.63, 3.8) is 0 Å². The lowest BCUT2D eigenvalue weighted by Gasteiger charge is -2.30. The molecule has 2 N–H and O–H groups in total. The molecule has 1 atom stereocenters. The van der Waals surface area contributed by atoms with E-state index < -0.39 is 0 Å². The summed E-state index contributed by atoms with van der Waals surface area (Å²) in [7, 11) is 2.04. The summed E-state index contributed by atoms with van der Waals surface area (Å²) in [5, 5.41) is 17.8. The minimum absolute atomic E-state index is 0.218. The molecule has 1 saturated heterocycles. The summed E-state index contributed by atoms with van der Waals surface area (Å²) in [4.78, 5) is 2.38. The lowest BCUT2D eigenvalue weighted by atomic mass is 10.00. The van der Waals surface area contributed by atoms with Gasteiger partial charge in [-0.3, -0.25) is 4.68 Å². The van der Waals surface area contributed by atoms with Crippen molar-refractivity contribution in [3.05, 3.63) is 11.3 Å². The largest absolute Gasteiger partial charge is 0.396 e. The van der Waals surface area contributed by atoms with Gasteiger partial charge < -0.3 is 20.1 Å². The standard InChI is InChI=1S/C18H34N4O2/c1-13(2)16(6-9-23)19-12-15-17(14(3)4)20-21(5)18(15)22-7-10-24-11-8-22/h13-14,16,19,23H,6-12H2,1-5H3. The summed E-state index contributed by atoms with van der Waals surface area (Å²) in [6.07, 6.45) is 0.780. The molecule has 0 spiro atoms. The number of rotatable bonds is 8. The van der Waals surface area contributed by atoms with Crippen molar-refractivity contribution in [3.8, 4) is 0 Å². The molecule has 138 valence electrons. The number of anilines is 1. The van der Waals surface area contributed by atoms with Gasteiger partial charge in [0.05, 0.1) is 18.9 Å². The summed E-state index contributed by atoms with van der Waals surface area (Å²) in [6.45, 7) is 13.2. The van der Waals surface area contributed by atoms with Crippen molar-refractivity contribution in [1.82, 2.24) is 15.1 Å². The van der Waals surface area contributed by atoms with E-state index in [4.69, 9.17) is 9.84 Å². The van der Waals surface area contributed by atoms with Gasteiger partial charge >= 0.3 is 0 Å². The highest BCUT2D eigenvalue weighted by atomic mass is 16.5. The van der Waals surface area contributed by atoms with Gasteiger partial charge in [0, 0.05) is 44.9 Å². The maximum absolute atomic E-state index is 9.31. The molecule has 1 aromatic heterocycles. The number of nitrogens with zero attached hydrogens (tertiary/aromatic N) is 3. The molecule has 1 aliphatic heterocycles. The minimum atomic E-state index is 0.218. The number of aromatic nitrogens is 2. The highest BCUT2D eigenvalue weighted by Crippen LogP contribution is 2.29. The molecule has 0 radical (unpaired) electrons. The zero-order valence-corrected chi connectivity index (χ0v) is 15.9. The smallest absolute Gasteiger partial charge is 0.131 e. The third-order valence-electron chi connectivity index (χ3n) is 4.79. The summed E-state index contributed by atoms with van der Waals surface area (Å²) in [5.74, 6) is 2.09. The highest BCUT2D eigenvalue weighted by molar-refractivity contribution is 5.51.